The van der Waals surface area contributed by atoms with Gasteiger partial charge in [-0.2, -0.15) is 0 Å². The number of rotatable bonds is 3. The second kappa shape index (κ2) is 4.43. The monoisotopic (exact) mass is 185 g/mol. The molecule has 0 aromatic carbocycles. The van der Waals surface area contributed by atoms with E-state index in [-0.39, 0.29) is 12.6 Å². The summed E-state index contributed by atoms with van der Waals surface area (Å²) >= 11 is 0. The number of aliphatic hydroxyl groups excluding tert-OH is 1. The minimum atomic E-state index is 0.213. The van der Waals surface area contributed by atoms with Crippen LogP contribution < -0.4 is 5.73 Å². The lowest BCUT2D eigenvalue weighted by atomic mass is 9.70. The Kier molecular flexibility index (Phi) is 3.74. The maximum atomic E-state index is 8.82. The van der Waals surface area contributed by atoms with Crippen LogP contribution in [0.5, 0.6) is 0 Å². The van der Waals surface area contributed by atoms with Gasteiger partial charge in [0, 0.05) is 12.6 Å². The Morgan fingerprint density at radius 3 is 2.77 bits per heavy atom. The van der Waals surface area contributed by atoms with Crippen LogP contribution in [0.15, 0.2) is 0 Å². The van der Waals surface area contributed by atoms with Crippen LogP contribution in [-0.2, 0) is 0 Å². The maximum absolute atomic E-state index is 8.82. The van der Waals surface area contributed by atoms with Crippen molar-refractivity contribution in [3.05, 3.63) is 0 Å². The fourth-order valence-electron chi connectivity index (χ4n) is 2.51. The van der Waals surface area contributed by atoms with Gasteiger partial charge >= 0.3 is 0 Å². The quantitative estimate of drug-likeness (QED) is 0.705. The maximum Gasteiger partial charge on any atom is 0.0445 e. The smallest absolute Gasteiger partial charge is 0.0445 e. The highest BCUT2D eigenvalue weighted by atomic mass is 16.3. The molecule has 2 atom stereocenters. The van der Waals surface area contributed by atoms with Gasteiger partial charge in [-0.3, -0.25) is 0 Å². The molecule has 1 fully saturated rings. The summed E-state index contributed by atoms with van der Waals surface area (Å²) in [5.74, 6) is 0.635. The zero-order chi connectivity index (χ0) is 9.90. The Balaban J connectivity index is 2.42. The van der Waals surface area contributed by atoms with Gasteiger partial charge in [-0.25, -0.2) is 0 Å². The zero-order valence-corrected chi connectivity index (χ0v) is 8.92. The summed E-state index contributed by atoms with van der Waals surface area (Å²) in [6.07, 6.45) is 5.88. The number of hydrogen-bond donors (Lipinski definition) is 2. The number of aliphatic hydroxyl groups is 1. The highest BCUT2D eigenvalue weighted by Crippen LogP contribution is 2.39. The number of nitrogens with two attached hydrogens (primary N) is 1. The Bertz CT molecular complexity index is 156. The van der Waals surface area contributed by atoms with Crippen molar-refractivity contribution >= 4 is 0 Å². The summed E-state index contributed by atoms with van der Waals surface area (Å²) in [4.78, 5) is 0. The van der Waals surface area contributed by atoms with Gasteiger partial charge < -0.3 is 10.8 Å². The molecule has 0 aromatic heterocycles. The highest BCUT2D eigenvalue weighted by Gasteiger charge is 2.30. The second-order valence-electron chi connectivity index (χ2n) is 5.20. The van der Waals surface area contributed by atoms with Gasteiger partial charge in [-0.05, 0) is 37.0 Å². The molecular formula is C11H23NO. The van der Waals surface area contributed by atoms with E-state index >= 15 is 0 Å². The first-order valence-corrected chi connectivity index (χ1v) is 5.41. The minimum Gasteiger partial charge on any atom is -0.396 e. The third-order valence-electron chi connectivity index (χ3n) is 3.31. The van der Waals surface area contributed by atoms with E-state index in [2.05, 4.69) is 13.8 Å². The van der Waals surface area contributed by atoms with Gasteiger partial charge in [0.2, 0.25) is 0 Å². The van der Waals surface area contributed by atoms with E-state index in [9.17, 15) is 0 Å². The van der Waals surface area contributed by atoms with Crippen molar-refractivity contribution in [2.45, 2.75) is 52.0 Å². The first kappa shape index (κ1) is 11.0. The Labute approximate surface area is 81.5 Å². The van der Waals surface area contributed by atoms with E-state index in [0.29, 0.717) is 11.3 Å². The van der Waals surface area contributed by atoms with E-state index in [4.69, 9.17) is 10.8 Å². The first-order valence-electron chi connectivity index (χ1n) is 5.41. The SMILES string of the molecule is CC1(C)CCCC(C(N)CCO)C1. The van der Waals surface area contributed by atoms with E-state index in [1.54, 1.807) is 0 Å². The first-order chi connectivity index (χ1) is 6.05. The fourth-order valence-corrected chi connectivity index (χ4v) is 2.51. The van der Waals surface area contributed by atoms with Crippen LogP contribution in [0.2, 0.25) is 0 Å². The molecule has 3 N–H and O–H groups in total. The molecule has 2 nitrogen and oxygen atoms in total. The van der Waals surface area contributed by atoms with Crippen molar-refractivity contribution in [2.75, 3.05) is 6.61 Å². The van der Waals surface area contributed by atoms with Crippen LogP contribution >= 0.6 is 0 Å². The van der Waals surface area contributed by atoms with Crippen molar-refractivity contribution < 1.29 is 5.11 Å². The molecule has 0 spiro atoms. The summed E-state index contributed by atoms with van der Waals surface area (Å²) in [7, 11) is 0. The molecule has 0 saturated heterocycles. The Morgan fingerprint density at radius 2 is 2.23 bits per heavy atom. The molecule has 13 heavy (non-hydrogen) atoms. The van der Waals surface area contributed by atoms with Gasteiger partial charge in [0.05, 0.1) is 0 Å². The normalized spacial score (nSPS) is 30.0. The van der Waals surface area contributed by atoms with Gasteiger partial charge in [0.1, 0.15) is 0 Å². The molecule has 0 radical (unpaired) electrons. The zero-order valence-electron chi connectivity index (χ0n) is 8.92. The Hall–Kier alpha value is -0.0800. The second-order valence-corrected chi connectivity index (χ2v) is 5.20. The molecule has 1 saturated carbocycles. The van der Waals surface area contributed by atoms with Gasteiger partial charge in [-0.1, -0.05) is 20.3 Å². The van der Waals surface area contributed by atoms with Crippen molar-refractivity contribution in [3.8, 4) is 0 Å². The average Bonchev–Trinajstić information content (AvgIpc) is 2.03. The standard InChI is InChI=1S/C11H23NO/c1-11(2)6-3-4-9(8-11)10(12)5-7-13/h9-10,13H,3-8,12H2,1-2H3. The fraction of sp³-hybridized carbons (Fsp3) is 1.00. The topological polar surface area (TPSA) is 46.2 Å². The van der Waals surface area contributed by atoms with Gasteiger partial charge in [0.25, 0.3) is 0 Å². The van der Waals surface area contributed by atoms with Crippen LogP contribution in [0, 0.1) is 11.3 Å². The van der Waals surface area contributed by atoms with Crippen molar-refractivity contribution in [2.24, 2.45) is 17.1 Å². The lowest BCUT2D eigenvalue weighted by Crippen LogP contribution is -2.36. The summed E-state index contributed by atoms with van der Waals surface area (Å²) in [5, 5.41) is 8.82. The summed E-state index contributed by atoms with van der Waals surface area (Å²) in [5.41, 5.74) is 6.49. The summed E-state index contributed by atoms with van der Waals surface area (Å²) in [6, 6.07) is 0.213. The van der Waals surface area contributed by atoms with E-state index in [1.165, 1.54) is 25.7 Å². The summed E-state index contributed by atoms with van der Waals surface area (Å²) < 4.78 is 0. The van der Waals surface area contributed by atoms with Crippen molar-refractivity contribution in [3.63, 3.8) is 0 Å². The predicted molar refractivity (Wildman–Crippen MR) is 55.4 cm³/mol. The third-order valence-corrected chi connectivity index (χ3v) is 3.31. The predicted octanol–water partition coefficient (Wildman–Crippen LogP) is 1.91. The molecule has 1 aliphatic rings. The molecule has 0 heterocycles. The van der Waals surface area contributed by atoms with Crippen LogP contribution in [0.1, 0.15) is 46.0 Å². The molecular weight excluding hydrogens is 162 g/mol. The van der Waals surface area contributed by atoms with Gasteiger partial charge in [0.15, 0.2) is 0 Å². The molecule has 1 rings (SSSR count). The number of hydrogen-bond acceptors (Lipinski definition) is 2. The summed E-state index contributed by atoms with van der Waals surface area (Å²) in [6.45, 7) is 4.88. The van der Waals surface area contributed by atoms with E-state index in [0.717, 1.165) is 6.42 Å². The molecule has 78 valence electrons. The van der Waals surface area contributed by atoms with Crippen LogP contribution in [0.4, 0.5) is 0 Å². The molecule has 0 amide bonds. The van der Waals surface area contributed by atoms with Crippen LogP contribution in [0.3, 0.4) is 0 Å². The van der Waals surface area contributed by atoms with Crippen molar-refractivity contribution in [1.82, 2.24) is 0 Å². The minimum absolute atomic E-state index is 0.213. The van der Waals surface area contributed by atoms with Crippen LogP contribution in [0.25, 0.3) is 0 Å². The van der Waals surface area contributed by atoms with Crippen LogP contribution in [-0.4, -0.2) is 17.8 Å². The average molecular weight is 185 g/mol. The third kappa shape index (κ3) is 3.28. The van der Waals surface area contributed by atoms with Crippen molar-refractivity contribution in [1.29, 1.82) is 0 Å². The lowest BCUT2D eigenvalue weighted by Gasteiger charge is -2.37. The molecule has 0 aromatic rings. The molecule has 2 heteroatoms. The molecule has 2 unspecified atom stereocenters. The largest absolute Gasteiger partial charge is 0.396 e. The highest BCUT2D eigenvalue weighted by molar-refractivity contribution is 4.84. The van der Waals surface area contributed by atoms with E-state index < -0.39 is 0 Å². The molecule has 0 aliphatic heterocycles. The molecule has 0 bridgehead atoms. The van der Waals surface area contributed by atoms with Gasteiger partial charge in [-0.15, -0.1) is 0 Å². The molecule has 1 aliphatic carbocycles. The Morgan fingerprint density at radius 1 is 1.54 bits per heavy atom. The van der Waals surface area contributed by atoms with E-state index in [1.807, 2.05) is 0 Å². The lowest BCUT2D eigenvalue weighted by molar-refractivity contribution is 0.146.